The van der Waals surface area contributed by atoms with Gasteiger partial charge in [-0.05, 0) is 54.5 Å². The maximum absolute atomic E-state index is 12.5. The zero-order valence-corrected chi connectivity index (χ0v) is 16.5. The van der Waals surface area contributed by atoms with Crippen molar-refractivity contribution in [2.75, 3.05) is 25.5 Å². The molecule has 1 atom stereocenters. The topological polar surface area (TPSA) is 90.1 Å². The van der Waals surface area contributed by atoms with Gasteiger partial charge < -0.3 is 15.5 Å². The van der Waals surface area contributed by atoms with Gasteiger partial charge in [0.15, 0.2) is 5.82 Å². The Kier molecular flexibility index (Phi) is 5.95. The van der Waals surface area contributed by atoms with Crippen LogP contribution in [0.2, 0.25) is 5.02 Å². The van der Waals surface area contributed by atoms with E-state index in [1.165, 1.54) is 0 Å². The summed E-state index contributed by atoms with van der Waals surface area (Å²) < 4.78 is 0.402. The van der Waals surface area contributed by atoms with Crippen LogP contribution in [0.15, 0.2) is 28.7 Å². The summed E-state index contributed by atoms with van der Waals surface area (Å²) >= 11 is 9.37. The number of likely N-dealkylation sites (N-methyl/N-ethyl adjacent to an activating group) is 1. The van der Waals surface area contributed by atoms with Crippen LogP contribution in [0.3, 0.4) is 0 Å². The van der Waals surface area contributed by atoms with Gasteiger partial charge in [-0.3, -0.25) is 14.7 Å². The van der Waals surface area contributed by atoms with Crippen molar-refractivity contribution < 1.29 is 9.59 Å². The smallest absolute Gasteiger partial charge is 0.270 e. The molecule has 1 aliphatic rings. The molecule has 7 nitrogen and oxygen atoms in total. The third-order valence-electron chi connectivity index (χ3n) is 4.24. The summed E-state index contributed by atoms with van der Waals surface area (Å²) in [6.45, 7) is 1.85. The number of benzene rings is 1. The van der Waals surface area contributed by atoms with Crippen molar-refractivity contribution in [3.63, 3.8) is 0 Å². The zero-order chi connectivity index (χ0) is 18.7. The van der Waals surface area contributed by atoms with Crippen molar-refractivity contribution in [1.82, 2.24) is 20.4 Å². The first-order valence-electron chi connectivity index (χ1n) is 8.25. The summed E-state index contributed by atoms with van der Waals surface area (Å²) in [6, 6.07) is 6.81. The number of hydrogen-bond acceptors (Lipinski definition) is 4. The van der Waals surface area contributed by atoms with Crippen molar-refractivity contribution in [2.45, 2.75) is 18.9 Å². The Balaban J connectivity index is 1.68. The number of rotatable bonds is 4. The molecule has 2 aromatic rings. The molecule has 2 heterocycles. The van der Waals surface area contributed by atoms with Crippen molar-refractivity contribution in [3.8, 4) is 0 Å². The molecular weight excluding hydrogens is 422 g/mol. The molecule has 1 saturated heterocycles. The van der Waals surface area contributed by atoms with Crippen LogP contribution in [0.4, 0.5) is 5.82 Å². The van der Waals surface area contributed by atoms with E-state index in [9.17, 15) is 9.59 Å². The predicted molar refractivity (Wildman–Crippen MR) is 104 cm³/mol. The Morgan fingerprint density at radius 1 is 1.35 bits per heavy atom. The summed E-state index contributed by atoms with van der Waals surface area (Å²) in [5.74, 6) is -0.424. The van der Waals surface area contributed by atoms with E-state index in [0.29, 0.717) is 15.1 Å². The van der Waals surface area contributed by atoms with Crippen LogP contribution in [0, 0.1) is 0 Å². The van der Waals surface area contributed by atoms with Crippen LogP contribution in [0.25, 0.3) is 0 Å². The largest absolute Gasteiger partial charge is 0.347 e. The summed E-state index contributed by atoms with van der Waals surface area (Å²) in [6.07, 6.45) is 1.99. The molecular formula is C17H19BrClN5O2. The SMILES string of the molecule is CN1CCCC(NC(=O)c2[nH]nc(NC(=O)c3ccccc3Cl)c2Br)C1. The number of nitrogens with zero attached hydrogens (tertiary/aromatic N) is 2. The highest BCUT2D eigenvalue weighted by Crippen LogP contribution is 2.25. The summed E-state index contributed by atoms with van der Waals surface area (Å²) in [7, 11) is 2.03. The minimum Gasteiger partial charge on any atom is -0.347 e. The number of aromatic nitrogens is 2. The fraction of sp³-hybridized carbons (Fsp3) is 0.353. The molecule has 1 aliphatic heterocycles. The lowest BCUT2D eigenvalue weighted by Crippen LogP contribution is -2.46. The first kappa shape index (κ1) is 18.9. The summed E-state index contributed by atoms with van der Waals surface area (Å²) in [5.41, 5.74) is 0.605. The highest BCUT2D eigenvalue weighted by molar-refractivity contribution is 9.10. The lowest BCUT2D eigenvalue weighted by Gasteiger charge is -2.30. The van der Waals surface area contributed by atoms with Gasteiger partial charge in [0.1, 0.15) is 5.69 Å². The third-order valence-corrected chi connectivity index (χ3v) is 5.35. The average molecular weight is 441 g/mol. The second kappa shape index (κ2) is 8.20. The number of likely N-dealkylation sites (tertiary alicyclic amines) is 1. The van der Waals surface area contributed by atoms with Crippen LogP contribution in [0.5, 0.6) is 0 Å². The Bertz CT molecular complexity index is 825. The minimum atomic E-state index is -0.399. The molecule has 0 aliphatic carbocycles. The van der Waals surface area contributed by atoms with Gasteiger partial charge in [-0.25, -0.2) is 0 Å². The van der Waals surface area contributed by atoms with E-state index in [1.54, 1.807) is 24.3 Å². The normalized spacial score (nSPS) is 17.7. The van der Waals surface area contributed by atoms with Crippen LogP contribution in [-0.2, 0) is 0 Å². The zero-order valence-electron chi connectivity index (χ0n) is 14.2. The second-order valence-corrected chi connectivity index (χ2v) is 7.47. The fourth-order valence-electron chi connectivity index (χ4n) is 2.92. The summed E-state index contributed by atoms with van der Waals surface area (Å²) in [5, 5.41) is 12.7. The molecule has 1 aromatic heterocycles. The Hall–Kier alpha value is -1.90. The Morgan fingerprint density at radius 2 is 2.12 bits per heavy atom. The molecule has 138 valence electrons. The molecule has 3 N–H and O–H groups in total. The molecule has 2 amide bonds. The number of piperidine rings is 1. The highest BCUT2D eigenvalue weighted by atomic mass is 79.9. The van der Waals surface area contributed by atoms with Crippen molar-refractivity contribution in [2.24, 2.45) is 0 Å². The number of carbonyl (C=O) groups is 2. The molecule has 9 heteroatoms. The van der Waals surface area contributed by atoms with Crippen LogP contribution >= 0.6 is 27.5 Å². The maximum atomic E-state index is 12.5. The molecule has 3 rings (SSSR count). The molecule has 0 spiro atoms. The van der Waals surface area contributed by atoms with Gasteiger partial charge in [0, 0.05) is 12.6 Å². The van der Waals surface area contributed by atoms with Gasteiger partial charge in [0.05, 0.1) is 15.1 Å². The van der Waals surface area contributed by atoms with E-state index in [2.05, 4.69) is 41.7 Å². The van der Waals surface area contributed by atoms with Crippen LogP contribution < -0.4 is 10.6 Å². The van der Waals surface area contributed by atoms with E-state index in [1.807, 2.05) is 7.05 Å². The molecule has 26 heavy (non-hydrogen) atoms. The quantitative estimate of drug-likeness (QED) is 0.682. The number of amides is 2. The van der Waals surface area contributed by atoms with E-state index < -0.39 is 5.91 Å². The number of hydrogen-bond donors (Lipinski definition) is 3. The van der Waals surface area contributed by atoms with Gasteiger partial charge in [-0.2, -0.15) is 5.10 Å². The minimum absolute atomic E-state index is 0.0950. The second-order valence-electron chi connectivity index (χ2n) is 6.27. The van der Waals surface area contributed by atoms with Gasteiger partial charge >= 0.3 is 0 Å². The van der Waals surface area contributed by atoms with E-state index >= 15 is 0 Å². The van der Waals surface area contributed by atoms with Crippen LogP contribution in [0.1, 0.15) is 33.7 Å². The predicted octanol–water partition coefficient (Wildman–Crippen LogP) is 2.90. The first-order valence-corrected chi connectivity index (χ1v) is 9.42. The molecule has 0 bridgehead atoms. The van der Waals surface area contributed by atoms with E-state index in [4.69, 9.17) is 11.6 Å². The average Bonchev–Trinajstić information content (AvgIpc) is 2.96. The molecule has 1 aromatic carbocycles. The number of anilines is 1. The number of H-pyrrole nitrogens is 1. The first-order chi connectivity index (χ1) is 12.5. The Labute approximate surface area is 164 Å². The third kappa shape index (κ3) is 4.25. The lowest BCUT2D eigenvalue weighted by molar-refractivity contribution is 0.0906. The van der Waals surface area contributed by atoms with Crippen molar-refractivity contribution in [1.29, 1.82) is 0 Å². The van der Waals surface area contributed by atoms with E-state index in [0.717, 1.165) is 25.9 Å². The number of carbonyl (C=O) groups excluding carboxylic acids is 2. The number of halogens is 2. The van der Waals surface area contributed by atoms with Gasteiger partial charge in [-0.15, -0.1) is 0 Å². The number of aromatic amines is 1. The molecule has 1 fully saturated rings. The van der Waals surface area contributed by atoms with Gasteiger partial charge in [-0.1, -0.05) is 23.7 Å². The summed E-state index contributed by atoms with van der Waals surface area (Å²) in [4.78, 5) is 27.0. The van der Waals surface area contributed by atoms with Crippen molar-refractivity contribution >= 4 is 45.2 Å². The maximum Gasteiger partial charge on any atom is 0.270 e. The van der Waals surface area contributed by atoms with Gasteiger partial charge in [0.25, 0.3) is 11.8 Å². The molecule has 0 radical (unpaired) electrons. The molecule has 0 saturated carbocycles. The standard InChI is InChI=1S/C17H19BrClN5O2/c1-24-8-4-5-10(9-24)20-17(26)14-13(18)15(23-22-14)21-16(25)11-6-2-3-7-12(11)19/h2-3,6-7,10H,4-5,8-9H2,1H3,(H,20,26)(H2,21,22,23,25). The highest BCUT2D eigenvalue weighted by Gasteiger charge is 2.24. The van der Waals surface area contributed by atoms with Crippen LogP contribution in [-0.4, -0.2) is 53.1 Å². The number of nitrogens with one attached hydrogen (secondary N) is 3. The fourth-order valence-corrected chi connectivity index (χ4v) is 3.60. The molecule has 1 unspecified atom stereocenters. The lowest BCUT2D eigenvalue weighted by atomic mass is 10.1. The van der Waals surface area contributed by atoms with E-state index in [-0.39, 0.29) is 23.5 Å². The monoisotopic (exact) mass is 439 g/mol. The Morgan fingerprint density at radius 3 is 2.85 bits per heavy atom. The van der Waals surface area contributed by atoms with Gasteiger partial charge in [0.2, 0.25) is 0 Å². The van der Waals surface area contributed by atoms with Crippen molar-refractivity contribution in [3.05, 3.63) is 45.0 Å².